The third-order valence-corrected chi connectivity index (χ3v) is 5.46. The van der Waals surface area contributed by atoms with E-state index < -0.39 is 0 Å². The molecule has 0 radical (unpaired) electrons. The van der Waals surface area contributed by atoms with Gasteiger partial charge in [0.05, 0.1) is 5.69 Å². The third-order valence-electron chi connectivity index (χ3n) is 4.56. The zero-order chi connectivity index (χ0) is 18.1. The van der Waals surface area contributed by atoms with Crippen LogP contribution in [0, 0.1) is 20.8 Å². The van der Waals surface area contributed by atoms with Gasteiger partial charge in [-0.25, -0.2) is 9.97 Å². The van der Waals surface area contributed by atoms with Crippen LogP contribution in [-0.4, -0.2) is 46.3 Å². The fourth-order valence-corrected chi connectivity index (χ4v) is 3.87. The van der Waals surface area contributed by atoms with Crippen molar-refractivity contribution in [2.45, 2.75) is 20.8 Å². The SMILES string of the molecule is Cc1ccc(-c2cc(N3CCN(c4nnc(C)s4)CC3)nc(C)n2)cc1. The van der Waals surface area contributed by atoms with E-state index in [0.29, 0.717) is 0 Å². The second-order valence-electron chi connectivity index (χ2n) is 6.60. The van der Waals surface area contributed by atoms with E-state index in [0.717, 1.165) is 59.2 Å². The molecule has 0 amide bonds. The van der Waals surface area contributed by atoms with Gasteiger partial charge in [-0.15, -0.1) is 10.2 Å². The van der Waals surface area contributed by atoms with Crippen LogP contribution in [-0.2, 0) is 0 Å². The minimum atomic E-state index is 0.806. The number of rotatable bonds is 3. The van der Waals surface area contributed by atoms with E-state index in [1.165, 1.54) is 5.56 Å². The highest BCUT2D eigenvalue weighted by Gasteiger charge is 2.21. The predicted molar refractivity (Wildman–Crippen MR) is 106 cm³/mol. The molecule has 0 N–H and O–H groups in total. The molecule has 0 atom stereocenters. The Morgan fingerprint density at radius 3 is 2.19 bits per heavy atom. The quantitative estimate of drug-likeness (QED) is 0.709. The Bertz CT molecular complexity index is 897. The van der Waals surface area contributed by atoms with Crippen molar-refractivity contribution in [3.05, 3.63) is 46.7 Å². The number of aryl methyl sites for hydroxylation is 3. The van der Waals surface area contributed by atoms with E-state index in [2.05, 4.69) is 67.2 Å². The number of nitrogens with zero attached hydrogens (tertiary/aromatic N) is 6. The minimum absolute atomic E-state index is 0.806. The van der Waals surface area contributed by atoms with E-state index in [1.54, 1.807) is 11.3 Å². The van der Waals surface area contributed by atoms with Gasteiger partial charge in [0.1, 0.15) is 16.6 Å². The van der Waals surface area contributed by atoms with Crippen LogP contribution in [0.4, 0.5) is 10.9 Å². The standard InChI is InChI=1S/C19H22N6S/c1-13-4-6-16(7-5-13)17-12-18(21-14(2)20-17)24-8-10-25(11-9-24)19-23-22-15(3)26-19/h4-7,12H,8-11H2,1-3H3. The summed E-state index contributed by atoms with van der Waals surface area (Å²) in [5, 5.41) is 10.4. The first kappa shape index (κ1) is 16.9. The number of aromatic nitrogens is 4. The molecular weight excluding hydrogens is 344 g/mol. The second kappa shape index (κ2) is 6.99. The average molecular weight is 366 g/mol. The lowest BCUT2D eigenvalue weighted by atomic mass is 10.1. The van der Waals surface area contributed by atoms with Gasteiger partial charge in [0.15, 0.2) is 0 Å². The number of hydrogen-bond acceptors (Lipinski definition) is 7. The summed E-state index contributed by atoms with van der Waals surface area (Å²) in [7, 11) is 0. The molecule has 1 aliphatic rings. The normalized spacial score (nSPS) is 14.7. The molecule has 26 heavy (non-hydrogen) atoms. The molecule has 3 heterocycles. The van der Waals surface area contributed by atoms with Gasteiger partial charge in [0.2, 0.25) is 5.13 Å². The Labute approximate surface area is 157 Å². The maximum Gasteiger partial charge on any atom is 0.208 e. The smallest absolute Gasteiger partial charge is 0.208 e. The molecule has 1 saturated heterocycles. The zero-order valence-electron chi connectivity index (χ0n) is 15.3. The van der Waals surface area contributed by atoms with Crippen molar-refractivity contribution in [3.63, 3.8) is 0 Å². The molecule has 3 aromatic rings. The van der Waals surface area contributed by atoms with Crippen LogP contribution in [0.5, 0.6) is 0 Å². The number of piperazine rings is 1. The first-order chi connectivity index (χ1) is 12.6. The lowest BCUT2D eigenvalue weighted by Gasteiger charge is -2.35. The molecule has 0 unspecified atom stereocenters. The first-order valence-corrected chi connectivity index (χ1v) is 9.63. The maximum atomic E-state index is 4.67. The van der Waals surface area contributed by atoms with E-state index in [9.17, 15) is 0 Å². The van der Waals surface area contributed by atoms with Crippen LogP contribution in [0.2, 0.25) is 0 Å². The molecule has 0 bridgehead atoms. The number of hydrogen-bond donors (Lipinski definition) is 0. The molecule has 6 nitrogen and oxygen atoms in total. The molecule has 4 rings (SSSR count). The summed E-state index contributed by atoms with van der Waals surface area (Å²) in [5.41, 5.74) is 3.36. The van der Waals surface area contributed by atoms with Gasteiger partial charge >= 0.3 is 0 Å². The highest BCUT2D eigenvalue weighted by Crippen LogP contribution is 2.25. The van der Waals surface area contributed by atoms with Crippen LogP contribution in [0.25, 0.3) is 11.3 Å². The van der Waals surface area contributed by atoms with Gasteiger partial charge < -0.3 is 9.80 Å². The predicted octanol–water partition coefficient (Wildman–Crippen LogP) is 3.25. The molecule has 1 aliphatic heterocycles. The monoisotopic (exact) mass is 366 g/mol. The average Bonchev–Trinajstić information content (AvgIpc) is 3.08. The Balaban J connectivity index is 1.52. The van der Waals surface area contributed by atoms with Gasteiger partial charge in [-0.3, -0.25) is 0 Å². The van der Waals surface area contributed by atoms with Crippen LogP contribution >= 0.6 is 11.3 Å². The van der Waals surface area contributed by atoms with Crippen molar-refractivity contribution in [3.8, 4) is 11.3 Å². The van der Waals surface area contributed by atoms with Crippen LogP contribution in [0.1, 0.15) is 16.4 Å². The van der Waals surface area contributed by atoms with Crippen molar-refractivity contribution in [2.75, 3.05) is 36.0 Å². The molecule has 0 aliphatic carbocycles. The van der Waals surface area contributed by atoms with Crippen LogP contribution in [0.3, 0.4) is 0 Å². The highest BCUT2D eigenvalue weighted by atomic mass is 32.1. The van der Waals surface area contributed by atoms with Crippen LogP contribution < -0.4 is 9.80 Å². The minimum Gasteiger partial charge on any atom is -0.353 e. The van der Waals surface area contributed by atoms with Crippen molar-refractivity contribution in [1.82, 2.24) is 20.2 Å². The van der Waals surface area contributed by atoms with E-state index in [4.69, 9.17) is 0 Å². The van der Waals surface area contributed by atoms with Gasteiger partial charge in [-0.2, -0.15) is 0 Å². The molecule has 134 valence electrons. The van der Waals surface area contributed by atoms with Crippen molar-refractivity contribution >= 4 is 22.3 Å². The summed E-state index contributed by atoms with van der Waals surface area (Å²) in [6.45, 7) is 9.74. The molecule has 2 aromatic heterocycles. The van der Waals surface area contributed by atoms with Crippen molar-refractivity contribution in [1.29, 1.82) is 0 Å². The first-order valence-electron chi connectivity index (χ1n) is 8.81. The molecule has 0 spiro atoms. The Hall–Kier alpha value is -2.54. The largest absolute Gasteiger partial charge is 0.353 e. The Morgan fingerprint density at radius 1 is 0.846 bits per heavy atom. The maximum absolute atomic E-state index is 4.67. The third kappa shape index (κ3) is 3.53. The zero-order valence-corrected chi connectivity index (χ0v) is 16.1. The number of benzene rings is 1. The summed E-state index contributed by atoms with van der Waals surface area (Å²) >= 11 is 1.65. The molecule has 1 aromatic carbocycles. The second-order valence-corrected chi connectivity index (χ2v) is 7.76. The molecule has 1 fully saturated rings. The topological polar surface area (TPSA) is 58.0 Å². The summed E-state index contributed by atoms with van der Waals surface area (Å²) < 4.78 is 0. The van der Waals surface area contributed by atoms with Gasteiger partial charge in [0, 0.05) is 37.8 Å². The number of anilines is 2. The fourth-order valence-electron chi connectivity index (χ4n) is 3.13. The van der Waals surface area contributed by atoms with Crippen molar-refractivity contribution in [2.24, 2.45) is 0 Å². The summed E-state index contributed by atoms with van der Waals surface area (Å²) in [5.74, 6) is 1.81. The van der Waals surface area contributed by atoms with Gasteiger partial charge in [-0.1, -0.05) is 41.2 Å². The fraction of sp³-hybridized carbons (Fsp3) is 0.368. The molecular formula is C19H22N6S. The summed E-state index contributed by atoms with van der Waals surface area (Å²) in [6, 6.07) is 10.6. The lowest BCUT2D eigenvalue weighted by molar-refractivity contribution is 0.642. The Kier molecular flexibility index (Phi) is 4.55. The summed E-state index contributed by atoms with van der Waals surface area (Å²) in [6.07, 6.45) is 0. The lowest BCUT2D eigenvalue weighted by Crippen LogP contribution is -2.46. The molecule has 0 saturated carbocycles. The van der Waals surface area contributed by atoms with Gasteiger partial charge in [0.25, 0.3) is 0 Å². The Morgan fingerprint density at radius 2 is 1.54 bits per heavy atom. The summed E-state index contributed by atoms with van der Waals surface area (Å²) in [4.78, 5) is 13.9. The van der Waals surface area contributed by atoms with Gasteiger partial charge in [-0.05, 0) is 20.8 Å². The van der Waals surface area contributed by atoms with Crippen molar-refractivity contribution < 1.29 is 0 Å². The van der Waals surface area contributed by atoms with Crippen LogP contribution in [0.15, 0.2) is 30.3 Å². The van der Waals surface area contributed by atoms with E-state index in [1.807, 2.05) is 13.8 Å². The highest BCUT2D eigenvalue weighted by molar-refractivity contribution is 7.15. The molecule has 7 heteroatoms. The van der Waals surface area contributed by atoms with E-state index >= 15 is 0 Å². The van der Waals surface area contributed by atoms with E-state index in [-0.39, 0.29) is 0 Å².